The quantitative estimate of drug-likeness (QED) is 0.668. The maximum absolute atomic E-state index is 11.5. The van der Waals surface area contributed by atoms with Gasteiger partial charge in [0.05, 0.1) is 25.0 Å². The molecule has 1 saturated carbocycles. The van der Waals surface area contributed by atoms with Crippen LogP contribution in [0, 0.1) is 5.92 Å². The van der Waals surface area contributed by atoms with Crippen molar-refractivity contribution in [2.45, 2.75) is 38.5 Å². The zero-order valence-corrected chi connectivity index (χ0v) is 9.04. The van der Waals surface area contributed by atoms with E-state index >= 15 is 0 Å². The summed E-state index contributed by atoms with van der Waals surface area (Å²) in [5.41, 5.74) is 0.690. The molecule has 1 aliphatic carbocycles. The first kappa shape index (κ1) is 10.5. The molecule has 3 heteroatoms. The summed E-state index contributed by atoms with van der Waals surface area (Å²) in [6, 6.07) is 0. The zero-order valence-electron chi connectivity index (χ0n) is 9.04. The molecule has 1 aliphatic heterocycles. The number of ether oxygens (including phenoxy) is 2. The predicted octanol–water partition coefficient (Wildman–Crippen LogP) is 2.41. The molecule has 2 rings (SSSR count). The number of rotatable bonds is 4. The van der Waals surface area contributed by atoms with E-state index < -0.39 is 0 Å². The Morgan fingerprint density at radius 2 is 2.33 bits per heavy atom. The summed E-state index contributed by atoms with van der Waals surface area (Å²) in [5, 5.41) is 0. The van der Waals surface area contributed by atoms with Crippen LogP contribution in [-0.2, 0) is 14.3 Å². The van der Waals surface area contributed by atoms with Gasteiger partial charge in [0, 0.05) is 0 Å². The second-order valence-electron chi connectivity index (χ2n) is 4.34. The van der Waals surface area contributed by atoms with Crippen molar-refractivity contribution in [1.82, 2.24) is 0 Å². The Labute approximate surface area is 90.4 Å². The van der Waals surface area contributed by atoms with Crippen LogP contribution >= 0.6 is 0 Å². The van der Waals surface area contributed by atoms with Crippen LogP contribution in [0.5, 0.6) is 0 Å². The standard InChI is InChI=1S/C12H18O3/c13-12(11-5-2-7-14-9-11)15-8-6-10-3-1-4-10/h9-10H,1-8H2. The fourth-order valence-electron chi connectivity index (χ4n) is 1.91. The number of carbonyl (C=O) groups excluding carboxylic acids is 1. The monoisotopic (exact) mass is 210 g/mol. The third kappa shape index (κ3) is 2.98. The van der Waals surface area contributed by atoms with E-state index in [0.717, 1.165) is 31.8 Å². The van der Waals surface area contributed by atoms with E-state index in [-0.39, 0.29) is 5.97 Å². The topological polar surface area (TPSA) is 35.5 Å². The molecule has 1 fully saturated rings. The predicted molar refractivity (Wildman–Crippen MR) is 56.2 cm³/mol. The molecular weight excluding hydrogens is 192 g/mol. The first-order valence-electron chi connectivity index (χ1n) is 5.84. The Kier molecular flexibility index (Phi) is 3.64. The first-order valence-corrected chi connectivity index (χ1v) is 5.84. The average Bonchev–Trinajstić information content (AvgIpc) is 2.23. The van der Waals surface area contributed by atoms with Crippen LogP contribution in [0.1, 0.15) is 38.5 Å². The highest BCUT2D eigenvalue weighted by molar-refractivity contribution is 5.88. The van der Waals surface area contributed by atoms with Gasteiger partial charge >= 0.3 is 5.97 Å². The van der Waals surface area contributed by atoms with E-state index in [9.17, 15) is 4.79 Å². The first-order chi connectivity index (χ1) is 7.36. The van der Waals surface area contributed by atoms with Gasteiger partial charge in [-0.15, -0.1) is 0 Å². The van der Waals surface area contributed by atoms with E-state index in [0.29, 0.717) is 12.2 Å². The molecule has 0 amide bonds. The lowest BCUT2D eigenvalue weighted by Gasteiger charge is -2.24. The van der Waals surface area contributed by atoms with E-state index in [1.165, 1.54) is 19.3 Å². The Morgan fingerprint density at radius 1 is 1.47 bits per heavy atom. The molecule has 0 radical (unpaired) electrons. The van der Waals surface area contributed by atoms with E-state index in [4.69, 9.17) is 9.47 Å². The lowest BCUT2D eigenvalue weighted by atomic mass is 9.83. The van der Waals surface area contributed by atoms with Crippen molar-refractivity contribution in [2.24, 2.45) is 5.92 Å². The summed E-state index contributed by atoms with van der Waals surface area (Å²) in [7, 11) is 0. The minimum absolute atomic E-state index is 0.186. The van der Waals surface area contributed by atoms with Crippen molar-refractivity contribution >= 4 is 5.97 Å². The van der Waals surface area contributed by atoms with Gasteiger partial charge in [0.1, 0.15) is 0 Å². The lowest BCUT2D eigenvalue weighted by Crippen LogP contribution is -2.17. The largest absolute Gasteiger partial charge is 0.501 e. The van der Waals surface area contributed by atoms with Crippen molar-refractivity contribution in [2.75, 3.05) is 13.2 Å². The molecule has 0 unspecified atom stereocenters. The normalized spacial score (nSPS) is 21.2. The molecule has 0 atom stereocenters. The molecule has 0 aromatic rings. The number of hydrogen-bond donors (Lipinski definition) is 0. The zero-order chi connectivity index (χ0) is 10.5. The van der Waals surface area contributed by atoms with Gasteiger partial charge in [0.15, 0.2) is 0 Å². The van der Waals surface area contributed by atoms with Crippen LogP contribution in [0.15, 0.2) is 11.8 Å². The molecule has 84 valence electrons. The van der Waals surface area contributed by atoms with Gasteiger partial charge in [-0.3, -0.25) is 0 Å². The van der Waals surface area contributed by atoms with Crippen molar-refractivity contribution in [3.63, 3.8) is 0 Å². The molecule has 1 heterocycles. The maximum Gasteiger partial charge on any atom is 0.337 e. The second kappa shape index (κ2) is 5.19. The summed E-state index contributed by atoms with van der Waals surface area (Å²) in [5.74, 6) is 0.614. The Morgan fingerprint density at radius 3 is 2.93 bits per heavy atom. The van der Waals surface area contributed by atoms with Gasteiger partial charge < -0.3 is 9.47 Å². The molecule has 0 saturated heterocycles. The van der Waals surface area contributed by atoms with Crippen molar-refractivity contribution in [3.05, 3.63) is 11.8 Å². The molecule has 2 aliphatic rings. The highest BCUT2D eigenvalue weighted by Gasteiger charge is 2.19. The van der Waals surface area contributed by atoms with E-state index in [1.807, 2.05) is 0 Å². The van der Waals surface area contributed by atoms with Crippen LogP contribution in [0.25, 0.3) is 0 Å². The van der Waals surface area contributed by atoms with Gasteiger partial charge in [-0.1, -0.05) is 19.3 Å². The minimum atomic E-state index is -0.186. The van der Waals surface area contributed by atoms with Crippen LogP contribution in [-0.4, -0.2) is 19.2 Å². The minimum Gasteiger partial charge on any atom is -0.501 e. The molecule has 0 spiro atoms. The van der Waals surface area contributed by atoms with Crippen LogP contribution in [0.4, 0.5) is 0 Å². The second-order valence-corrected chi connectivity index (χ2v) is 4.34. The SMILES string of the molecule is O=C(OCCC1CCC1)C1=COCCC1. The van der Waals surface area contributed by atoms with Gasteiger partial charge in [-0.25, -0.2) is 4.79 Å². The Hall–Kier alpha value is -0.990. The molecule has 3 nitrogen and oxygen atoms in total. The smallest absolute Gasteiger partial charge is 0.337 e. The van der Waals surface area contributed by atoms with Gasteiger partial charge in [0.25, 0.3) is 0 Å². The molecular formula is C12H18O3. The third-order valence-electron chi connectivity index (χ3n) is 3.18. The highest BCUT2D eigenvalue weighted by Crippen LogP contribution is 2.29. The molecule has 0 bridgehead atoms. The van der Waals surface area contributed by atoms with Gasteiger partial charge in [0.2, 0.25) is 0 Å². The fraction of sp³-hybridized carbons (Fsp3) is 0.750. The van der Waals surface area contributed by atoms with Crippen LogP contribution < -0.4 is 0 Å². The van der Waals surface area contributed by atoms with Gasteiger partial charge in [-0.05, 0) is 25.2 Å². The summed E-state index contributed by atoms with van der Waals surface area (Å²) in [6.45, 7) is 1.29. The Balaban J connectivity index is 1.64. The van der Waals surface area contributed by atoms with Crippen LogP contribution in [0.3, 0.4) is 0 Å². The van der Waals surface area contributed by atoms with Crippen molar-refractivity contribution < 1.29 is 14.3 Å². The average molecular weight is 210 g/mol. The van der Waals surface area contributed by atoms with Crippen molar-refractivity contribution in [3.8, 4) is 0 Å². The number of esters is 1. The fourth-order valence-corrected chi connectivity index (χ4v) is 1.91. The lowest BCUT2D eigenvalue weighted by molar-refractivity contribution is -0.140. The number of hydrogen-bond acceptors (Lipinski definition) is 3. The maximum atomic E-state index is 11.5. The van der Waals surface area contributed by atoms with Gasteiger partial charge in [-0.2, -0.15) is 0 Å². The summed E-state index contributed by atoms with van der Waals surface area (Å²) in [4.78, 5) is 11.5. The summed E-state index contributed by atoms with van der Waals surface area (Å²) >= 11 is 0. The molecule has 0 N–H and O–H groups in total. The van der Waals surface area contributed by atoms with Crippen LogP contribution in [0.2, 0.25) is 0 Å². The van der Waals surface area contributed by atoms with E-state index in [1.54, 1.807) is 6.26 Å². The summed E-state index contributed by atoms with van der Waals surface area (Å²) in [6.07, 6.45) is 8.26. The number of carbonyl (C=O) groups is 1. The van der Waals surface area contributed by atoms with E-state index in [2.05, 4.69) is 0 Å². The summed E-state index contributed by atoms with van der Waals surface area (Å²) < 4.78 is 10.3. The Bertz CT molecular complexity index is 254. The molecule has 15 heavy (non-hydrogen) atoms. The molecule has 0 aromatic carbocycles. The van der Waals surface area contributed by atoms with Crippen molar-refractivity contribution in [1.29, 1.82) is 0 Å². The third-order valence-corrected chi connectivity index (χ3v) is 3.18. The highest BCUT2D eigenvalue weighted by atomic mass is 16.5. The molecule has 0 aromatic heterocycles.